The molecule has 0 bridgehead atoms. The second kappa shape index (κ2) is 6.33. The highest BCUT2D eigenvalue weighted by Gasteiger charge is 2.43. The fourth-order valence-electron chi connectivity index (χ4n) is 2.29. The summed E-state index contributed by atoms with van der Waals surface area (Å²) in [6.45, 7) is 2.36. The number of carbonyl (C=O) groups is 1. The van der Waals surface area contributed by atoms with Crippen molar-refractivity contribution in [1.82, 2.24) is 5.32 Å². The molecular weight excluding hydrogens is 220 g/mol. The fraction of sp³-hybridized carbons (Fsp3) is 0.917. The van der Waals surface area contributed by atoms with E-state index in [1.54, 1.807) is 7.11 Å². The van der Waals surface area contributed by atoms with Crippen molar-refractivity contribution in [3.05, 3.63) is 0 Å². The van der Waals surface area contributed by atoms with Crippen LogP contribution >= 0.6 is 0 Å². The minimum Gasteiger partial charge on any atom is -0.394 e. The van der Waals surface area contributed by atoms with Gasteiger partial charge in [-0.1, -0.05) is 6.42 Å². The molecule has 1 amide bonds. The number of aliphatic hydroxyl groups excluding tert-OH is 1. The zero-order chi connectivity index (χ0) is 12.9. The van der Waals surface area contributed by atoms with Gasteiger partial charge in [-0.25, -0.2) is 0 Å². The van der Waals surface area contributed by atoms with Crippen LogP contribution in [0.3, 0.4) is 0 Å². The maximum Gasteiger partial charge on any atom is 0.227 e. The minimum atomic E-state index is -0.486. The molecule has 0 aromatic heterocycles. The molecule has 5 heteroatoms. The Morgan fingerprint density at radius 2 is 2.41 bits per heavy atom. The summed E-state index contributed by atoms with van der Waals surface area (Å²) in [4.78, 5) is 12.2. The summed E-state index contributed by atoms with van der Waals surface area (Å²) >= 11 is 0. The maximum atomic E-state index is 12.2. The van der Waals surface area contributed by atoms with Crippen LogP contribution in [0.1, 0.15) is 32.6 Å². The van der Waals surface area contributed by atoms with Crippen LogP contribution in [-0.2, 0) is 9.53 Å². The molecule has 1 aliphatic carbocycles. The standard InChI is InChI=1S/C12H24N2O3/c1-12(6-3-4-10(12)13)11(16)14-9(8-15)5-7-17-2/h9-10,15H,3-8,13H2,1-2H3,(H,14,16). The van der Waals surface area contributed by atoms with E-state index in [0.717, 1.165) is 19.3 Å². The van der Waals surface area contributed by atoms with Gasteiger partial charge >= 0.3 is 0 Å². The molecule has 0 aromatic carbocycles. The van der Waals surface area contributed by atoms with Crippen molar-refractivity contribution in [1.29, 1.82) is 0 Å². The first-order valence-electron chi connectivity index (χ1n) is 6.21. The van der Waals surface area contributed by atoms with E-state index in [4.69, 9.17) is 10.5 Å². The van der Waals surface area contributed by atoms with Gasteiger partial charge in [0.25, 0.3) is 0 Å². The Morgan fingerprint density at radius 1 is 1.71 bits per heavy atom. The summed E-state index contributed by atoms with van der Waals surface area (Å²) in [6.07, 6.45) is 3.32. The van der Waals surface area contributed by atoms with Crippen molar-refractivity contribution in [2.45, 2.75) is 44.7 Å². The van der Waals surface area contributed by atoms with E-state index in [2.05, 4.69) is 5.32 Å². The van der Waals surface area contributed by atoms with Gasteiger partial charge in [-0.3, -0.25) is 4.79 Å². The predicted octanol–water partition coefficient (Wildman–Crippen LogP) is 0.0175. The quantitative estimate of drug-likeness (QED) is 0.615. The van der Waals surface area contributed by atoms with Gasteiger partial charge in [0.15, 0.2) is 0 Å². The number of carbonyl (C=O) groups excluding carboxylic acids is 1. The molecule has 3 atom stereocenters. The van der Waals surface area contributed by atoms with Crippen LogP contribution in [-0.4, -0.2) is 43.4 Å². The van der Waals surface area contributed by atoms with Crippen LogP contribution in [0.15, 0.2) is 0 Å². The zero-order valence-electron chi connectivity index (χ0n) is 10.7. The van der Waals surface area contributed by atoms with Gasteiger partial charge in [-0.15, -0.1) is 0 Å². The number of aliphatic hydroxyl groups is 1. The first-order chi connectivity index (χ1) is 8.04. The highest BCUT2D eigenvalue weighted by atomic mass is 16.5. The van der Waals surface area contributed by atoms with Crippen molar-refractivity contribution in [3.63, 3.8) is 0 Å². The van der Waals surface area contributed by atoms with E-state index >= 15 is 0 Å². The third kappa shape index (κ3) is 3.40. The largest absolute Gasteiger partial charge is 0.394 e. The second-order valence-corrected chi connectivity index (χ2v) is 5.05. The molecule has 3 unspecified atom stereocenters. The Hall–Kier alpha value is -0.650. The lowest BCUT2D eigenvalue weighted by Crippen LogP contribution is -2.51. The van der Waals surface area contributed by atoms with Crippen LogP contribution in [0.4, 0.5) is 0 Å². The van der Waals surface area contributed by atoms with E-state index < -0.39 is 5.41 Å². The highest BCUT2D eigenvalue weighted by Crippen LogP contribution is 2.36. The molecule has 0 spiro atoms. The second-order valence-electron chi connectivity index (χ2n) is 5.05. The van der Waals surface area contributed by atoms with E-state index in [0.29, 0.717) is 13.0 Å². The Morgan fingerprint density at radius 3 is 2.88 bits per heavy atom. The third-order valence-electron chi connectivity index (χ3n) is 3.77. The van der Waals surface area contributed by atoms with E-state index in [-0.39, 0.29) is 24.6 Å². The van der Waals surface area contributed by atoms with Crippen LogP contribution in [0.2, 0.25) is 0 Å². The van der Waals surface area contributed by atoms with Gasteiger partial charge in [0.05, 0.1) is 18.1 Å². The Labute approximate surface area is 103 Å². The van der Waals surface area contributed by atoms with Crippen molar-refractivity contribution >= 4 is 5.91 Å². The van der Waals surface area contributed by atoms with Gasteiger partial charge in [0.1, 0.15) is 0 Å². The van der Waals surface area contributed by atoms with Crippen LogP contribution < -0.4 is 11.1 Å². The summed E-state index contributed by atoms with van der Waals surface area (Å²) < 4.78 is 4.94. The van der Waals surface area contributed by atoms with Gasteiger partial charge in [0, 0.05) is 19.8 Å². The maximum absolute atomic E-state index is 12.2. The van der Waals surface area contributed by atoms with Gasteiger partial charge < -0.3 is 20.9 Å². The lowest BCUT2D eigenvalue weighted by atomic mass is 9.84. The van der Waals surface area contributed by atoms with Crippen molar-refractivity contribution in [2.24, 2.45) is 11.1 Å². The van der Waals surface area contributed by atoms with Crippen LogP contribution in [0, 0.1) is 5.41 Å². The number of rotatable bonds is 6. The fourth-order valence-corrected chi connectivity index (χ4v) is 2.29. The Balaban J connectivity index is 2.51. The predicted molar refractivity (Wildman–Crippen MR) is 65.4 cm³/mol. The summed E-state index contributed by atoms with van der Waals surface area (Å²) in [5.41, 5.74) is 5.50. The molecule has 17 heavy (non-hydrogen) atoms. The van der Waals surface area contributed by atoms with E-state index in [1.165, 1.54) is 0 Å². The average Bonchev–Trinajstić information content (AvgIpc) is 2.66. The zero-order valence-corrected chi connectivity index (χ0v) is 10.7. The topological polar surface area (TPSA) is 84.6 Å². The van der Waals surface area contributed by atoms with Crippen LogP contribution in [0.25, 0.3) is 0 Å². The van der Waals surface area contributed by atoms with Gasteiger partial charge in [-0.2, -0.15) is 0 Å². The summed E-state index contributed by atoms with van der Waals surface area (Å²) in [5, 5.41) is 12.1. The van der Waals surface area contributed by atoms with Crippen molar-refractivity contribution < 1.29 is 14.6 Å². The molecule has 1 rings (SSSR count). The molecule has 0 heterocycles. The van der Waals surface area contributed by atoms with Crippen molar-refractivity contribution in [2.75, 3.05) is 20.3 Å². The minimum absolute atomic E-state index is 0.0438. The summed E-state index contributed by atoms with van der Waals surface area (Å²) in [5.74, 6) is -0.0438. The smallest absolute Gasteiger partial charge is 0.227 e. The summed E-state index contributed by atoms with van der Waals surface area (Å²) in [7, 11) is 1.60. The average molecular weight is 244 g/mol. The molecule has 0 aliphatic heterocycles. The molecule has 4 N–H and O–H groups in total. The molecule has 1 aliphatic rings. The number of hydrogen-bond acceptors (Lipinski definition) is 4. The van der Waals surface area contributed by atoms with Gasteiger partial charge in [0.2, 0.25) is 5.91 Å². The summed E-state index contributed by atoms with van der Waals surface area (Å²) in [6, 6.07) is -0.323. The SMILES string of the molecule is COCCC(CO)NC(=O)C1(C)CCCC1N. The number of amides is 1. The normalized spacial score (nSPS) is 30.2. The van der Waals surface area contributed by atoms with E-state index in [9.17, 15) is 9.90 Å². The van der Waals surface area contributed by atoms with E-state index in [1.807, 2.05) is 6.92 Å². The molecule has 1 fully saturated rings. The Kier molecular flexibility index (Phi) is 5.36. The third-order valence-corrected chi connectivity index (χ3v) is 3.77. The number of methoxy groups -OCH3 is 1. The molecule has 0 saturated heterocycles. The molecule has 0 radical (unpaired) electrons. The highest BCUT2D eigenvalue weighted by molar-refractivity contribution is 5.83. The molecule has 0 aromatic rings. The first kappa shape index (κ1) is 14.4. The number of nitrogens with two attached hydrogens (primary N) is 1. The number of nitrogens with one attached hydrogen (secondary N) is 1. The molecule has 1 saturated carbocycles. The Bertz CT molecular complexity index is 260. The first-order valence-corrected chi connectivity index (χ1v) is 6.21. The monoisotopic (exact) mass is 244 g/mol. The van der Waals surface area contributed by atoms with Crippen molar-refractivity contribution in [3.8, 4) is 0 Å². The number of ether oxygens (including phenoxy) is 1. The lowest BCUT2D eigenvalue weighted by Gasteiger charge is -2.29. The lowest BCUT2D eigenvalue weighted by molar-refractivity contribution is -0.131. The molecular formula is C12H24N2O3. The number of hydrogen-bond donors (Lipinski definition) is 3. The van der Waals surface area contributed by atoms with Crippen LogP contribution in [0.5, 0.6) is 0 Å². The van der Waals surface area contributed by atoms with Gasteiger partial charge in [-0.05, 0) is 26.2 Å². The molecule has 5 nitrogen and oxygen atoms in total. The molecule has 100 valence electrons.